The van der Waals surface area contributed by atoms with Crippen LogP contribution in [0.3, 0.4) is 0 Å². The van der Waals surface area contributed by atoms with Crippen LogP contribution in [0.5, 0.6) is 0 Å². The van der Waals surface area contributed by atoms with Crippen molar-refractivity contribution in [3.05, 3.63) is 22.1 Å². The highest BCUT2D eigenvalue weighted by molar-refractivity contribution is 9.10. The van der Waals surface area contributed by atoms with Gasteiger partial charge in [-0.3, -0.25) is 0 Å². The quantitative estimate of drug-likeness (QED) is 0.702. The molecule has 0 radical (unpaired) electrons. The lowest BCUT2D eigenvalue weighted by atomic mass is 10.3. The maximum Gasteiger partial charge on any atom is 0.156 e. The van der Waals surface area contributed by atoms with Crippen molar-refractivity contribution in [2.75, 3.05) is 5.73 Å². The third-order valence-corrected chi connectivity index (χ3v) is 2.21. The van der Waals surface area contributed by atoms with Gasteiger partial charge in [0.2, 0.25) is 0 Å². The zero-order valence-corrected chi connectivity index (χ0v) is 6.94. The molecule has 2 nitrogen and oxygen atoms in total. The summed E-state index contributed by atoms with van der Waals surface area (Å²) in [5, 5.41) is 0. The van der Waals surface area contributed by atoms with Crippen LogP contribution in [-0.2, 0) is 0 Å². The number of halogens is 2. The lowest BCUT2D eigenvalue weighted by Gasteiger charge is -2.00. The summed E-state index contributed by atoms with van der Waals surface area (Å²) in [6, 6.07) is 0. The molecule has 2 N–H and O–H groups in total. The van der Waals surface area contributed by atoms with E-state index in [1.165, 1.54) is 0 Å². The fraction of sp³-hybridized carbons (Fsp3) is 0.167. The van der Waals surface area contributed by atoms with Crippen LogP contribution < -0.4 is 5.73 Å². The average Bonchev–Trinajstić information content (AvgIpc) is 1.93. The molecular weight excluding hydrogens is 199 g/mol. The van der Waals surface area contributed by atoms with Crippen LogP contribution >= 0.6 is 15.9 Å². The van der Waals surface area contributed by atoms with Crippen LogP contribution in [0.2, 0.25) is 0 Å². The number of aromatic nitrogens is 1. The molecule has 0 aliphatic carbocycles. The van der Waals surface area contributed by atoms with E-state index in [2.05, 4.69) is 20.9 Å². The minimum absolute atomic E-state index is 0.355. The maximum atomic E-state index is 12.6. The molecule has 1 heterocycles. The number of hydrogen-bond acceptors (Lipinski definition) is 2. The van der Waals surface area contributed by atoms with Gasteiger partial charge in [0, 0.05) is 5.56 Å². The third kappa shape index (κ3) is 1.11. The Morgan fingerprint density at radius 2 is 2.30 bits per heavy atom. The SMILES string of the molecule is Cc1c(N)ncc(F)c1Br. The number of anilines is 1. The molecule has 1 aromatic heterocycles. The number of nitrogens with two attached hydrogens (primary N) is 1. The Morgan fingerprint density at radius 3 is 2.80 bits per heavy atom. The molecule has 0 aliphatic rings. The normalized spacial score (nSPS) is 9.90. The molecule has 0 saturated heterocycles. The van der Waals surface area contributed by atoms with Crippen molar-refractivity contribution >= 4 is 21.7 Å². The summed E-state index contributed by atoms with van der Waals surface area (Å²) < 4.78 is 13.0. The van der Waals surface area contributed by atoms with Crippen molar-refractivity contribution in [2.45, 2.75) is 6.92 Å². The highest BCUT2D eigenvalue weighted by Gasteiger charge is 2.04. The largest absolute Gasteiger partial charge is 0.383 e. The molecule has 0 atom stereocenters. The second-order valence-corrected chi connectivity index (χ2v) is 2.72. The Morgan fingerprint density at radius 1 is 1.70 bits per heavy atom. The summed E-state index contributed by atoms with van der Waals surface area (Å²) in [5.41, 5.74) is 6.02. The van der Waals surface area contributed by atoms with Crippen molar-refractivity contribution in [2.24, 2.45) is 0 Å². The van der Waals surface area contributed by atoms with Gasteiger partial charge in [0.15, 0.2) is 5.82 Å². The van der Waals surface area contributed by atoms with Gasteiger partial charge in [-0.2, -0.15) is 0 Å². The first kappa shape index (κ1) is 7.47. The van der Waals surface area contributed by atoms with Gasteiger partial charge >= 0.3 is 0 Å². The summed E-state index contributed by atoms with van der Waals surface area (Å²) in [6.07, 6.45) is 1.09. The standard InChI is InChI=1S/C6H6BrFN2/c1-3-5(7)4(8)2-10-6(3)9/h2H,1H3,(H2,9,10). The molecule has 10 heavy (non-hydrogen) atoms. The molecule has 0 saturated carbocycles. The van der Waals surface area contributed by atoms with Gasteiger partial charge < -0.3 is 5.73 Å². The van der Waals surface area contributed by atoms with E-state index < -0.39 is 0 Å². The molecule has 0 fully saturated rings. The molecule has 1 aromatic rings. The van der Waals surface area contributed by atoms with Crippen LogP contribution in [0.1, 0.15) is 5.56 Å². The molecule has 0 aromatic carbocycles. The molecule has 0 amide bonds. The second-order valence-electron chi connectivity index (χ2n) is 1.93. The Balaban J connectivity index is 3.34. The molecule has 1 rings (SSSR count). The van der Waals surface area contributed by atoms with Gasteiger partial charge in [-0.15, -0.1) is 0 Å². The molecule has 0 bridgehead atoms. The van der Waals surface area contributed by atoms with E-state index in [0.717, 1.165) is 6.20 Å². The first-order valence-corrected chi connectivity index (χ1v) is 3.48. The van der Waals surface area contributed by atoms with Gasteiger partial charge in [0.1, 0.15) is 5.82 Å². The molecule has 0 aliphatic heterocycles. The minimum Gasteiger partial charge on any atom is -0.383 e. The first-order chi connectivity index (χ1) is 4.63. The van der Waals surface area contributed by atoms with Gasteiger partial charge in [-0.05, 0) is 22.9 Å². The van der Waals surface area contributed by atoms with E-state index in [1.54, 1.807) is 6.92 Å². The van der Waals surface area contributed by atoms with E-state index in [0.29, 0.717) is 15.9 Å². The van der Waals surface area contributed by atoms with Crippen LogP contribution in [-0.4, -0.2) is 4.98 Å². The Hall–Kier alpha value is -0.640. The van der Waals surface area contributed by atoms with Crippen LogP contribution in [0.4, 0.5) is 10.2 Å². The summed E-state index contributed by atoms with van der Waals surface area (Å²) in [5.74, 6) is -0.0278. The number of rotatable bonds is 0. The van der Waals surface area contributed by atoms with Crippen molar-refractivity contribution < 1.29 is 4.39 Å². The van der Waals surface area contributed by atoms with Crippen molar-refractivity contribution in [3.8, 4) is 0 Å². The van der Waals surface area contributed by atoms with Crippen molar-refractivity contribution in [1.82, 2.24) is 4.98 Å². The number of pyridine rings is 1. The Bertz CT molecular complexity index is 235. The molecule has 54 valence electrons. The Labute approximate surface area is 66.4 Å². The predicted octanol–water partition coefficient (Wildman–Crippen LogP) is 1.87. The minimum atomic E-state index is -0.383. The summed E-state index contributed by atoms with van der Waals surface area (Å²) in [7, 11) is 0. The van der Waals surface area contributed by atoms with E-state index in [-0.39, 0.29) is 5.82 Å². The van der Waals surface area contributed by atoms with Crippen LogP contribution in [0, 0.1) is 12.7 Å². The van der Waals surface area contributed by atoms with E-state index in [1.807, 2.05) is 0 Å². The van der Waals surface area contributed by atoms with Gasteiger partial charge in [0.25, 0.3) is 0 Å². The highest BCUT2D eigenvalue weighted by Crippen LogP contribution is 2.22. The van der Waals surface area contributed by atoms with Gasteiger partial charge in [-0.1, -0.05) is 0 Å². The monoisotopic (exact) mass is 204 g/mol. The maximum absolute atomic E-state index is 12.6. The fourth-order valence-electron chi connectivity index (χ4n) is 0.571. The highest BCUT2D eigenvalue weighted by atomic mass is 79.9. The lowest BCUT2D eigenvalue weighted by Crippen LogP contribution is -1.96. The lowest BCUT2D eigenvalue weighted by molar-refractivity contribution is 0.613. The van der Waals surface area contributed by atoms with Crippen molar-refractivity contribution in [3.63, 3.8) is 0 Å². The van der Waals surface area contributed by atoms with Crippen molar-refractivity contribution in [1.29, 1.82) is 0 Å². The van der Waals surface area contributed by atoms with Crippen LogP contribution in [0.25, 0.3) is 0 Å². The smallest absolute Gasteiger partial charge is 0.156 e. The molecule has 0 unspecified atom stereocenters. The zero-order valence-electron chi connectivity index (χ0n) is 5.36. The van der Waals surface area contributed by atoms with Gasteiger partial charge in [-0.25, -0.2) is 9.37 Å². The molecular formula is C6H6BrFN2. The Kier molecular flexibility index (Phi) is 1.89. The topological polar surface area (TPSA) is 38.9 Å². The summed E-state index contributed by atoms with van der Waals surface area (Å²) in [4.78, 5) is 3.61. The summed E-state index contributed by atoms with van der Waals surface area (Å²) >= 11 is 3.03. The number of nitrogens with zero attached hydrogens (tertiary/aromatic N) is 1. The second kappa shape index (κ2) is 2.54. The van der Waals surface area contributed by atoms with E-state index in [9.17, 15) is 4.39 Å². The summed E-state index contributed by atoms with van der Waals surface area (Å²) in [6.45, 7) is 1.70. The first-order valence-electron chi connectivity index (χ1n) is 2.69. The number of hydrogen-bond donors (Lipinski definition) is 1. The van der Waals surface area contributed by atoms with E-state index in [4.69, 9.17) is 5.73 Å². The average molecular weight is 205 g/mol. The van der Waals surface area contributed by atoms with E-state index >= 15 is 0 Å². The van der Waals surface area contributed by atoms with Crippen LogP contribution in [0.15, 0.2) is 10.7 Å². The predicted molar refractivity (Wildman–Crippen MR) is 41.0 cm³/mol. The van der Waals surface area contributed by atoms with Gasteiger partial charge in [0.05, 0.1) is 10.7 Å². The zero-order chi connectivity index (χ0) is 7.72. The third-order valence-electron chi connectivity index (χ3n) is 1.24. The number of nitrogen functional groups attached to an aromatic ring is 1. The molecule has 4 heteroatoms. The molecule has 0 spiro atoms. The fourth-order valence-corrected chi connectivity index (χ4v) is 0.877.